The minimum atomic E-state index is -1.45. The molecule has 0 bridgehead atoms. The zero-order valence-corrected chi connectivity index (χ0v) is 11.1. The standard InChI is InChI=1S/C14H17NO6/c16-6-9-11(17)12(18)13(14(19)20-9)21-10-5-7-3-1-2-4-8(7)15-10/h1-5,9,11-19H,6H2/t9-,11-,12+,13-,14?/m1/s1. The van der Waals surface area contributed by atoms with Crippen LogP contribution in [0.5, 0.6) is 5.88 Å². The Balaban J connectivity index is 1.80. The number of nitrogens with one attached hydrogen (secondary N) is 1. The first-order valence-electron chi connectivity index (χ1n) is 6.65. The van der Waals surface area contributed by atoms with Crippen LogP contribution in [-0.2, 0) is 4.74 Å². The van der Waals surface area contributed by atoms with Crippen molar-refractivity contribution in [2.45, 2.75) is 30.7 Å². The number of hydrogen-bond acceptors (Lipinski definition) is 6. The second-order valence-electron chi connectivity index (χ2n) is 5.03. The van der Waals surface area contributed by atoms with Crippen LogP contribution < -0.4 is 4.74 Å². The molecule has 1 fully saturated rings. The number of rotatable bonds is 3. The van der Waals surface area contributed by atoms with Crippen LogP contribution in [0.2, 0.25) is 0 Å². The maximum Gasteiger partial charge on any atom is 0.195 e. The molecule has 1 aliphatic heterocycles. The van der Waals surface area contributed by atoms with Crippen molar-refractivity contribution < 1.29 is 29.9 Å². The van der Waals surface area contributed by atoms with Crippen LogP contribution in [-0.4, -0.2) is 62.7 Å². The minimum Gasteiger partial charge on any atom is -0.467 e. The smallest absolute Gasteiger partial charge is 0.195 e. The quantitative estimate of drug-likeness (QED) is 0.514. The number of ether oxygens (including phenoxy) is 2. The van der Waals surface area contributed by atoms with Crippen molar-refractivity contribution in [3.63, 3.8) is 0 Å². The van der Waals surface area contributed by atoms with Crippen LogP contribution in [0.15, 0.2) is 30.3 Å². The van der Waals surface area contributed by atoms with E-state index >= 15 is 0 Å². The molecule has 7 heteroatoms. The van der Waals surface area contributed by atoms with Gasteiger partial charge in [-0.2, -0.15) is 0 Å². The van der Waals surface area contributed by atoms with E-state index in [2.05, 4.69) is 4.98 Å². The summed E-state index contributed by atoms with van der Waals surface area (Å²) in [5, 5.41) is 39.6. The molecule has 5 N–H and O–H groups in total. The van der Waals surface area contributed by atoms with E-state index in [1.54, 1.807) is 6.07 Å². The van der Waals surface area contributed by atoms with Gasteiger partial charge in [0.15, 0.2) is 18.3 Å². The van der Waals surface area contributed by atoms with Crippen LogP contribution in [0.4, 0.5) is 0 Å². The van der Waals surface area contributed by atoms with Crippen molar-refractivity contribution in [1.82, 2.24) is 4.98 Å². The lowest BCUT2D eigenvalue weighted by atomic mass is 9.99. The number of aromatic amines is 1. The van der Waals surface area contributed by atoms with Crippen molar-refractivity contribution in [2.24, 2.45) is 0 Å². The van der Waals surface area contributed by atoms with Gasteiger partial charge >= 0.3 is 0 Å². The highest BCUT2D eigenvalue weighted by molar-refractivity contribution is 5.81. The molecule has 3 rings (SSSR count). The molecule has 0 spiro atoms. The van der Waals surface area contributed by atoms with E-state index in [1.807, 2.05) is 24.3 Å². The lowest BCUT2D eigenvalue weighted by Crippen LogP contribution is -2.60. The molecule has 0 radical (unpaired) electrons. The van der Waals surface area contributed by atoms with Crippen molar-refractivity contribution in [3.8, 4) is 5.88 Å². The summed E-state index contributed by atoms with van der Waals surface area (Å²) in [4.78, 5) is 2.99. The summed E-state index contributed by atoms with van der Waals surface area (Å²) < 4.78 is 10.5. The van der Waals surface area contributed by atoms with Crippen LogP contribution in [0.1, 0.15) is 0 Å². The third-order valence-electron chi connectivity index (χ3n) is 3.61. The maximum atomic E-state index is 10.0. The number of H-pyrrole nitrogens is 1. The summed E-state index contributed by atoms with van der Waals surface area (Å²) in [6.45, 7) is -0.506. The average Bonchev–Trinajstić information content (AvgIpc) is 2.89. The Morgan fingerprint density at radius 3 is 2.62 bits per heavy atom. The molecule has 0 saturated carbocycles. The van der Waals surface area contributed by atoms with Gasteiger partial charge in [0.1, 0.15) is 18.3 Å². The van der Waals surface area contributed by atoms with Crippen LogP contribution in [0, 0.1) is 0 Å². The Bertz CT molecular complexity index is 581. The predicted molar refractivity (Wildman–Crippen MR) is 72.7 cm³/mol. The summed E-state index contributed by atoms with van der Waals surface area (Å²) in [6, 6.07) is 9.22. The van der Waals surface area contributed by atoms with E-state index in [0.29, 0.717) is 5.88 Å². The monoisotopic (exact) mass is 295 g/mol. The SMILES string of the molecule is OC[C@H]1OC(O)[C@H](Oc2cc3ccccc3[nH]2)[C@@H](O)[C@@H]1O. The fraction of sp³-hybridized carbons (Fsp3) is 0.429. The van der Waals surface area contributed by atoms with E-state index in [9.17, 15) is 15.3 Å². The number of para-hydroxylation sites is 1. The molecule has 1 saturated heterocycles. The second-order valence-corrected chi connectivity index (χ2v) is 5.03. The van der Waals surface area contributed by atoms with E-state index in [0.717, 1.165) is 10.9 Å². The van der Waals surface area contributed by atoms with Crippen LogP contribution >= 0.6 is 0 Å². The topological polar surface area (TPSA) is 115 Å². The molecule has 114 valence electrons. The summed E-state index contributed by atoms with van der Waals surface area (Å²) in [5.74, 6) is 0.345. The first kappa shape index (κ1) is 14.3. The number of aliphatic hydroxyl groups is 4. The molecule has 21 heavy (non-hydrogen) atoms. The molecule has 2 heterocycles. The van der Waals surface area contributed by atoms with E-state index in [1.165, 1.54) is 0 Å². The molecule has 1 aromatic carbocycles. The predicted octanol–water partition coefficient (Wildman–Crippen LogP) is -0.653. The first-order chi connectivity index (χ1) is 10.1. The number of aliphatic hydroxyl groups excluding tert-OH is 4. The molecule has 0 aliphatic carbocycles. The minimum absolute atomic E-state index is 0.345. The molecule has 5 atom stereocenters. The van der Waals surface area contributed by atoms with Crippen molar-refractivity contribution in [2.75, 3.05) is 6.61 Å². The Kier molecular flexibility index (Phi) is 3.83. The summed E-state index contributed by atoms with van der Waals surface area (Å²) >= 11 is 0. The Labute approximate surface area is 120 Å². The zero-order valence-electron chi connectivity index (χ0n) is 11.1. The van der Waals surface area contributed by atoms with Crippen molar-refractivity contribution in [3.05, 3.63) is 30.3 Å². The van der Waals surface area contributed by atoms with E-state index < -0.39 is 37.3 Å². The lowest BCUT2D eigenvalue weighted by Gasteiger charge is -2.39. The third kappa shape index (κ3) is 2.61. The van der Waals surface area contributed by atoms with E-state index in [-0.39, 0.29) is 0 Å². The molecule has 0 amide bonds. The maximum absolute atomic E-state index is 10.0. The van der Waals surface area contributed by atoms with Gasteiger partial charge in [-0.05, 0) is 6.07 Å². The van der Waals surface area contributed by atoms with Gasteiger partial charge < -0.3 is 34.9 Å². The van der Waals surface area contributed by atoms with Gasteiger partial charge in [-0.15, -0.1) is 0 Å². The molecule has 1 unspecified atom stereocenters. The van der Waals surface area contributed by atoms with Crippen LogP contribution in [0.3, 0.4) is 0 Å². The summed E-state index contributed by atoms with van der Waals surface area (Å²) in [5.41, 5.74) is 0.849. The molecular weight excluding hydrogens is 278 g/mol. The Hall–Kier alpha value is -1.64. The zero-order chi connectivity index (χ0) is 15.0. The number of hydrogen-bond donors (Lipinski definition) is 5. The highest BCUT2D eigenvalue weighted by atomic mass is 16.7. The fourth-order valence-electron chi connectivity index (χ4n) is 2.46. The largest absolute Gasteiger partial charge is 0.467 e. The summed E-state index contributed by atoms with van der Waals surface area (Å²) in [6.07, 6.45) is -6.37. The van der Waals surface area contributed by atoms with Gasteiger partial charge in [0, 0.05) is 17.0 Å². The highest BCUT2D eigenvalue weighted by Crippen LogP contribution is 2.26. The molecular formula is C14H17NO6. The molecule has 2 aromatic rings. The summed E-state index contributed by atoms with van der Waals surface area (Å²) in [7, 11) is 0. The number of aromatic nitrogens is 1. The highest BCUT2D eigenvalue weighted by Gasteiger charge is 2.45. The van der Waals surface area contributed by atoms with Gasteiger partial charge in [0.05, 0.1) is 6.61 Å². The van der Waals surface area contributed by atoms with E-state index in [4.69, 9.17) is 14.6 Å². The normalized spacial score (nSPS) is 33.2. The molecule has 7 nitrogen and oxygen atoms in total. The Morgan fingerprint density at radius 1 is 1.14 bits per heavy atom. The van der Waals surface area contributed by atoms with Crippen LogP contribution in [0.25, 0.3) is 10.9 Å². The van der Waals surface area contributed by atoms with Gasteiger partial charge in [-0.1, -0.05) is 18.2 Å². The molecule has 1 aliphatic rings. The van der Waals surface area contributed by atoms with Gasteiger partial charge in [-0.3, -0.25) is 0 Å². The Morgan fingerprint density at radius 2 is 1.90 bits per heavy atom. The fourth-order valence-corrected chi connectivity index (χ4v) is 2.46. The van der Waals surface area contributed by atoms with Gasteiger partial charge in [0.25, 0.3) is 0 Å². The average molecular weight is 295 g/mol. The van der Waals surface area contributed by atoms with Crippen molar-refractivity contribution in [1.29, 1.82) is 0 Å². The van der Waals surface area contributed by atoms with Gasteiger partial charge in [0.2, 0.25) is 0 Å². The van der Waals surface area contributed by atoms with Crippen molar-refractivity contribution >= 4 is 10.9 Å². The lowest BCUT2D eigenvalue weighted by molar-refractivity contribution is -0.280. The number of fused-ring (bicyclic) bond motifs is 1. The number of benzene rings is 1. The second kappa shape index (κ2) is 5.63. The molecule has 1 aromatic heterocycles. The first-order valence-corrected chi connectivity index (χ1v) is 6.65. The van der Waals surface area contributed by atoms with Gasteiger partial charge in [-0.25, -0.2) is 0 Å². The third-order valence-corrected chi connectivity index (χ3v) is 3.61.